The van der Waals surface area contributed by atoms with E-state index in [0.29, 0.717) is 26.4 Å². The molecule has 3 aromatic carbocycles. The van der Waals surface area contributed by atoms with Crippen LogP contribution in [0.1, 0.15) is 30.0 Å². The van der Waals surface area contributed by atoms with E-state index in [4.69, 9.17) is 18.9 Å². The fraction of sp³-hybridized carbons (Fsp3) is 0.379. The van der Waals surface area contributed by atoms with Crippen LogP contribution >= 0.6 is 11.8 Å². The zero-order chi connectivity index (χ0) is 23.4. The number of hydrogen-bond acceptors (Lipinski definition) is 5. The first-order valence-corrected chi connectivity index (χ1v) is 13.1. The van der Waals surface area contributed by atoms with Gasteiger partial charge >= 0.3 is 0 Å². The largest absolute Gasteiger partial charge is 0.374 e. The van der Waals surface area contributed by atoms with Crippen LogP contribution in [0.2, 0.25) is 0 Å². The van der Waals surface area contributed by atoms with Crippen LogP contribution in [0.15, 0.2) is 91.0 Å². The Balaban J connectivity index is 1.41. The second kappa shape index (κ2) is 13.7. The van der Waals surface area contributed by atoms with Crippen LogP contribution in [0.3, 0.4) is 0 Å². The van der Waals surface area contributed by atoms with Gasteiger partial charge in [-0.05, 0) is 22.4 Å². The molecule has 4 atom stereocenters. The maximum absolute atomic E-state index is 6.55. The van der Waals surface area contributed by atoms with Gasteiger partial charge < -0.3 is 18.9 Å². The van der Waals surface area contributed by atoms with E-state index in [9.17, 15) is 0 Å². The van der Waals surface area contributed by atoms with Gasteiger partial charge in [-0.2, -0.15) is 0 Å². The van der Waals surface area contributed by atoms with Gasteiger partial charge in [0.1, 0.15) is 11.5 Å². The van der Waals surface area contributed by atoms with E-state index >= 15 is 0 Å². The highest BCUT2D eigenvalue weighted by Crippen LogP contribution is 2.32. The molecule has 0 saturated carbocycles. The Bertz CT molecular complexity index is 938. The number of benzene rings is 3. The lowest BCUT2D eigenvalue weighted by Crippen LogP contribution is -2.49. The Hall–Kier alpha value is -2.15. The van der Waals surface area contributed by atoms with E-state index < -0.39 is 0 Å². The van der Waals surface area contributed by atoms with Crippen LogP contribution in [0.5, 0.6) is 0 Å². The van der Waals surface area contributed by atoms with Gasteiger partial charge in [0.25, 0.3) is 0 Å². The Kier molecular flexibility index (Phi) is 10.0. The standard InChI is InChI=1S/C29H34O4S/c1-2-34-29-27(32-21-25-16-10-5-11-17-25)18-26(31-20-24-14-8-4-9-15-24)28(33-29)22-30-19-23-12-6-3-7-13-23/h3-17,26-29H,2,18-22H2,1H3/t26-,27-,28-,29+/m1/s1. The molecule has 1 aliphatic heterocycles. The first-order chi connectivity index (χ1) is 16.8. The van der Waals surface area contributed by atoms with Crippen LogP contribution < -0.4 is 0 Å². The second-order valence-electron chi connectivity index (χ2n) is 8.40. The van der Waals surface area contributed by atoms with Crippen molar-refractivity contribution in [2.24, 2.45) is 0 Å². The topological polar surface area (TPSA) is 36.9 Å². The molecule has 1 saturated heterocycles. The van der Waals surface area contributed by atoms with Crippen LogP contribution in [-0.4, -0.2) is 36.1 Å². The second-order valence-corrected chi connectivity index (χ2v) is 9.78. The Morgan fingerprint density at radius 3 is 1.74 bits per heavy atom. The van der Waals surface area contributed by atoms with Crippen molar-refractivity contribution < 1.29 is 18.9 Å². The minimum absolute atomic E-state index is 0.0451. The highest BCUT2D eigenvalue weighted by atomic mass is 32.2. The maximum Gasteiger partial charge on any atom is 0.130 e. The van der Waals surface area contributed by atoms with E-state index in [1.165, 1.54) is 0 Å². The summed E-state index contributed by atoms with van der Waals surface area (Å²) in [6, 6.07) is 30.8. The normalized spacial score (nSPS) is 22.5. The molecule has 4 nitrogen and oxygen atoms in total. The van der Waals surface area contributed by atoms with E-state index in [-0.39, 0.29) is 23.7 Å². The molecular weight excluding hydrogens is 444 g/mol. The lowest BCUT2D eigenvalue weighted by atomic mass is 10.0. The van der Waals surface area contributed by atoms with Gasteiger partial charge in [-0.1, -0.05) is 97.9 Å². The molecule has 0 radical (unpaired) electrons. The van der Waals surface area contributed by atoms with Gasteiger partial charge in [0.15, 0.2) is 0 Å². The van der Waals surface area contributed by atoms with Crippen molar-refractivity contribution in [1.29, 1.82) is 0 Å². The lowest BCUT2D eigenvalue weighted by molar-refractivity contribution is -0.191. The molecule has 4 rings (SSSR count). The van der Waals surface area contributed by atoms with Crippen molar-refractivity contribution in [2.75, 3.05) is 12.4 Å². The molecule has 0 bridgehead atoms. The first kappa shape index (κ1) is 25.0. The monoisotopic (exact) mass is 478 g/mol. The Morgan fingerprint density at radius 2 is 1.21 bits per heavy atom. The molecule has 3 aromatic rings. The minimum atomic E-state index is -0.145. The van der Waals surface area contributed by atoms with Crippen molar-refractivity contribution in [3.05, 3.63) is 108 Å². The molecule has 0 spiro atoms. The molecule has 0 aliphatic carbocycles. The molecule has 34 heavy (non-hydrogen) atoms. The van der Waals surface area contributed by atoms with Gasteiger partial charge in [-0.25, -0.2) is 0 Å². The van der Waals surface area contributed by atoms with Crippen LogP contribution in [0, 0.1) is 0 Å². The van der Waals surface area contributed by atoms with Crippen LogP contribution in [-0.2, 0) is 38.8 Å². The summed E-state index contributed by atoms with van der Waals surface area (Å²) in [6.45, 7) is 4.31. The third-order valence-corrected chi connectivity index (χ3v) is 6.91. The number of hydrogen-bond donors (Lipinski definition) is 0. The van der Waals surface area contributed by atoms with Crippen molar-refractivity contribution in [3.63, 3.8) is 0 Å². The minimum Gasteiger partial charge on any atom is -0.374 e. The summed E-state index contributed by atoms with van der Waals surface area (Å²) < 4.78 is 25.4. The van der Waals surface area contributed by atoms with Crippen LogP contribution in [0.25, 0.3) is 0 Å². The summed E-state index contributed by atoms with van der Waals surface area (Å²) in [5, 5.41) is 0. The summed E-state index contributed by atoms with van der Waals surface area (Å²) in [4.78, 5) is 0. The summed E-state index contributed by atoms with van der Waals surface area (Å²) in [7, 11) is 0. The lowest BCUT2D eigenvalue weighted by Gasteiger charge is -2.41. The fourth-order valence-corrected chi connectivity index (χ4v) is 5.00. The Morgan fingerprint density at radius 1 is 0.706 bits per heavy atom. The van der Waals surface area contributed by atoms with Crippen molar-refractivity contribution >= 4 is 11.8 Å². The highest BCUT2D eigenvalue weighted by molar-refractivity contribution is 7.99. The molecule has 0 unspecified atom stereocenters. The van der Waals surface area contributed by atoms with Gasteiger partial charge in [0.05, 0.1) is 38.6 Å². The summed E-state index contributed by atoms with van der Waals surface area (Å²) in [5.74, 6) is 0.961. The molecule has 1 fully saturated rings. The third kappa shape index (κ3) is 7.69. The molecular formula is C29H34O4S. The zero-order valence-corrected chi connectivity index (χ0v) is 20.6. The first-order valence-electron chi connectivity index (χ1n) is 12.0. The van der Waals surface area contributed by atoms with Crippen molar-refractivity contribution in [2.45, 2.75) is 56.9 Å². The zero-order valence-electron chi connectivity index (χ0n) is 19.8. The molecule has 0 aromatic heterocycles. The molecule has 0 amide bonds. The van der Waals surface area contributed by atoms with Crippen molar-refractivity contribution in [1.82, 2.24) is 0 Å². The van der Waals surface area contributed by atoms with E-state index in [1.54, 1.807) is 11.8 Å². The van der Waals surface area contributed by atoms with Gasteiger partial charge in [0.2, 0.25) is 0 Å². The number of rotatable bonds is 12. The molecule has 180 valence electrons. The third-order valence-electron chi connectivity index (χ3n) is 5.83. The quantitative estimate of drug-likeness (QED) is 0.308. The SMILES string of the molecule is CCS[C@@H]1O[C@H](COCc2ccccc2)[C@H](OCc2ccccc2)C[C@H]1OCc1ccccc1. The van der Waals surface area contributed by atoms with Gasteiger partial charge in [-0.15, -0.1) is 11.8 Å². The number of ether oxygens (including phenoxy) is 4. The maximum atomic E-state index is 6.55. The number of thioether (sulfide) groups is 1. The average Bonchev–Trinajstić information content (AvgIpc) is 2.89. The van der Waals surface area contributed by atoms with E-state index in [2.05, 4.69) is 43.3 Å². The smallest absolute Gasteiger partial charge is 0.130 e. The molecule has 1 heterocycles. The highest BCUT2D eigenvalue weighted by Gasteiger charge is 2.39. The van der Waals surface area contributed by atoms with Gasteiger partial charge in [0, 0.05) is 6.42 Å². The summed E-state index contributed by atoms with van der Waals surface area (Å²) in [6.07, 6.45) is 0.478. The van der Waals surface area contributed by atoms with Crippen molar-refractivity contribution in [3.8, 4) is 0 Å². The molecule has 0 N–H and O–H groups in total. The fourth-order valence-electron chi connectivity index (χ4n) is 4.04. The van der Waals surface area contributed by atoms with Crippen LogP contribution in [0.4, 0.5) is 0 Å². The van der Waals surface area contributed by atoms with E-state index in [0.717, 1.165) is 28.9 Å². The summed E-state index contributed by atoms with van der Waals surface area (Å²) in [5.41, 5.74) is 3.43. The summed E-state index contributed by atoms with van der Waals surface area (Å²) >= 11 is 1.79. The predicted molar refractivity (Wildman–Crippen MR) is 138 cm³/mol. The predicted octanol–water partition coefficient (Wildman–Crippen LogP) is 6.24. The van der Waals surface area contributed by atoms with E-state index in [1.807, 2.05) is 54.6 Å². The average molecular weight is 479 g/mol. The van der Waals surface area contributed by atoms with Gasteiger partial charge in [-0.3, -0.25) is 0 Å². The molecule has 5 heteroatoms. The molecule has 1 aliphatic rings. The Labute approximate surface area is 207 Å².